The summed E-state index contributed by atoms with van der Waals surface area (Å²) in [5, 5.41) is 1.04. The molecule has 1 N–H and O–H groups in total. The molecule has 3 aromatic carbocycles. The molecule has 0 spiro atoms. The Morgan fingerprint density at radius 1 is 1.03 bits per heavy atom. The Morgan fingerprint density at radius 3 is 2.69 bits per heavy atom. The van der Waals surface area contributed by atoms with Crippen LogP contribution in [0, 0.1) is 5.82 Å². The third-order valence-electron chi connectivity index (χ3n) is 5.07. The topological polar surface area (TPSA) is 51.3 Å². The number of aromatic amines is 1. The molecule has 5 heteroatoms. The lowest BCUT2D eigenvalue weighted by Crippen LogP contribution is -1.99. The summed E-state index contributed by atoms with van der Waals surface area (Å²) in [6, 6.07) is 22.6. The van der Waals surface area contributed by atoms with Crippen molar-refractivity contribution in [2.24, 2.45) is 0 Å². The van der Waals surface area contributed by atoms with Crippen LogP contribution in [0.1, 0.15) is 29.3 Å². The van der Waals surface area contributed by atoms with Gasteiger partial charge in [-0.1, -0.05) is 36.4 Å². The molecule has 4 rings (SSSR count). The van der Waals surface area contributed by atoms with E-state index in [2.05, 4.69) is 11.1 Å². The van der Waals surface area contributed by atoms with Crippen LogP contribution in [0.2, 0.25) is 0 Å². The van der Waals surface area contributed by atoms with E-state index in [1.54, 1.807) is 19.1 Å². The number of aromatic nitrogens is 1. The van der Waals surface area contributed by atoms with E-state index in [1.807, 2.05) is 48.5 Å². The molecule has 32 heavy (non-hydrogen) atoms. The molecule has 0 aliphatic carbocycles. The number of benzene rings is 3. The van der Waals surface area contributed by atoms with Crippen LogP contribution in [-0.4, -0.2) is 17.6 Å². The van der Waals surface area contributed by atoms with Crippen LogP contribution in [0.25, 0.3) is 17.0 Å². The summed E-state index contributed by atoms with van der Waals surface area (Å²) < 4.78 is 24.6. The molecule has 0 aliphatic heterocycles. The number of fused-ring (bicyclic) bond motifs is 1. The highest BCUT2D eigenvalue weighted by Crippen LogP contribution is 2.25. The molecule has 0 fully saturated rings. The van der Waals surface area contributed by atoms with Gasteiger partial charge in [-0.3, -0.25) is 0 Å². The third kappa shape index (κ3) is 5.43. The van der Waals surface area contributed by atoms with Crippen LogP contribution < -0.4 is 4.74 Å². The maximum atomic E-state index is 13.8. The molecule has 0 radical (unpaired) electrons. The molecule has 0 aliphatic rings. The van der Waals surface area contributed by atoms with Gasteiger partial charge in [-0.15, -0.1) is 0 Å². The van der Waals surface area contributed by atoms with Crippen LogP contribution in [-0.2, 0) is 22.6 Å². The van der Waals surface area contributed by atoms with Gasteiger partial charge in [-0.05, 0) is 66.1 Å². The van der Waals surface area contributed by atoms with Crippen molar-refractivity contribution in [3.63, 3.8) is 0 Å². The van der Waals surface area contributed by atoms with E-state index in [9.17, 15) is 9.18 Å². The van der Waals surface area contributed by atoms with Crippen molar-refractivity contribution in [3.8, 4) is 5.75 Å². The van der Waals surface area contributed by atoms with Gasteiger partial charge in [0.1, 0.15) is 18.2 Å². The maximum Gasteiger partial charge on any atom is 0.330 e. The monoisotopic (exact) mass is 429 g/mol. The molecule has 0 atom stereocenters. The summed E-state index contributed by atoms with van der Waals surface area (Å²) in [6.45, 7) is 2.55. The Bertz CT molecular complexity index is 1240. The van der Waals surface area contributed by atoms with Crippen molar-refractivity contribution in [1.82, 2.24) is 4.98 Å². The van der Waals surface area contributed by atoms with E-state index in [0.717, 1.165) is 33.5 Å². The minimum Gasteiger partial charge on any atom is -0.489 e. The standard InChI is InChI=1S/C27H24FNO3/c1-2-31-27(30)13-9-20-14-23(28)10-8-21(20)15-24-16-22-17-25(11-12-26(22)29-24)32-18-19-6-4-3-5-7-19/h3-14,16-17,29H,2,15,18H2,1H3/b13-9+. The third-order valence-corrected chi connectivity index (χ3v) is 5.07. The van der Waals surface area contributed by atoms with E-state index in [-0.39, 0.29) is 5.82 Å². The fraction of sp³-hybridized carbons (Fsp3) is 0.148. The summed E-state index contributed by atoms with van der Waals surface area (Å²) in [5.74, 6) is -0.00258. The van der Waals surface area contributed by atoms with E-state index >= 15 is 0 Å². The molecule has 0 amide bonds. The van der Waals surface area contributed by atoms with Gasteiger partial charge in [0.15, 0.2) is 0 Å². The average molecular weight is 429 g/mol. The molecular formula is C27H24FNO3. The minimum atomic E-state index is -0.448. The number of hydrogen-bond acceptors (Lipinski definition) is 3. The number of carbonyl (C=O) groups is 1. The lowest BCUT2D eigenvalue weighted by Gasteiger charge is -2.06. The molecule has 1 aromatic heterocycles. The highest BCUT2D eigenvalue weighted by molar-refractivity contribution is 5.87. The fourth-order valence-electron chi connectivity index (χ4n) is 3.53. The number of halogens is 1. The smallest absolute Gasteiger partial charge is 0.330 e. The first kappa shape index (κ1) is 21.4. The first-order valence-corrected chi connectivity index (χ1v) is 10.5. The summed E-state index contributed by atoms with van der Waals surface area (Å²) in [7, 11) is 0. The molecule has 0 saturated carbocycles. The van der Waals surface area contributed by atoms with Crippen molar-refractivity contribution in [2.75, 3.05) is 6.61 Å². The summed E-state index contributed by atoms with van der Waals surface area (Å²) in [6.07, 6.45) is 3.48. The second kappa shape index (κ2) is 9.96. The van der Waals surface area contributed by atoms with Gasteiger partial charge in [-0.25, -0.2) is 9.18 Å². The van der Waals surface area contributed by atoms with Crippen molar-refractivity contribution in [2.45, 2.75) is 20.0 Å². The number of carbonyl (C=O) groups excluding carboxylic acids is 1. The van der Waals surface area contributed by atoms with E-state index in [0.29, 0.717) is 25.2 Å². The average Bonchev–Trinajstić information content (AvgIpc) is 3.20. The van der Waals surface area contributed by atoms with Crippen molar-refractivity contribution >= 4 is 22.9 Å². The normalized spacial score (nSPS) is 11.2. The van der Waals surface area contributed by atoms with Gasteiger partial charge in [0.25, 0.3) is 0 Å². The van der Waals surface area contributed by atoms with Crippen LogP contribution in [0.4, 0.5) is 4.39 Å². The van der Waals surface area contributed by atoms with Gasteiger partial charge in [0.05, 0.1) is 6.61 Å². The zero-order valence-corrected chi connectivity index (χ0v) is 17.8. The number of nitrogens with one attached hydrogen (secondary N) is 1. The first-order chi connectivity index (χ1) is 15.6. The number of esters is 1. The summed E-state index contributed by atoms with van der Waals surface area (Å²) in [5.41, 5.74) is 4.64. The zero-order chi connectivity index (χ0) is 22.3. The van der Waals surface area contributed by atoms with E-state index in [1.165, 1.54) is 18.2 Å². The van der Waals surface area contributed by atoms with Crippen LogP contribution >= 0.6 is 0 Å². The maximum absolute atomic E-state index is 13.8. The predicted octanol–water partition coefficient (Wildman–Crippen LogP) is 6.05. The highest BCUT2D eigenvalue weighted by Gasteiger charge is 2.08. The lowest BCUT2D eigenvalue weighted by atomic mass is 10.0. The molecule has 0 bridgehead atoms. The second-order valence-corrected chi connectivity index (χ2v) is 7.42. The lowest BCUT2D eigenvalue weighted by molar-refractivity contribution is -0.137. The predicted molar refractivity (Wildman–Crippen MR) is 124 cm³/mol. The summed E-state index contributed by atoms with van der Waals surface area (Å²) in [4.78, 5) is 15.1. The number of ether oxygens (including phenoxy) is 2. The van der Waals surface area contributed by atoms with Gasteiger partial charge >= 0.3 is 5.97 Å². The largest absolute Gasteiger partial charge is 0.489 e. The van der Waals surface area contributed by atoms with Crippen molar-refractivity contribution in [3.05, 3.63) is 107 Å². The molecule has 1 heterocycles. The number of hydrogen-bond donors (Lipinski definition) is 1. The second-order valence-electron chi connectivity index (χ2n) is 7.42. The molecule has 0 saturated heterocycles. The van der Waals surface area contributed by atoms with Crippen molar-refractivity contribution < 1.29 is 18.7 Å². The Balaban J connectivity index is 1.51. The first-order valence-electron chi connectivity index (χ1n) is 10.5. The Morgan fingerprint density at radius 2 is 1.88 bits per heavy atom. The molecule has 4 nitrogen and oxygen atoms in total. The van der Waals surface area contributed by atoms with Crippen LogP contribution in [0.5, 0.6) is 5.75 Å². The van der Waals surface area contributed by atoms with Gasteiger partial charge in [0.2, 0.25) is 0 Å². The Kier molecular flexibility index (Phi) is 6.66. The zero-order valence-electron chi connectivity index (χ0n) is 17.8. The highest BCUT2D eigenvalue weighted by atomic mass is 19.1. The van der Waals surface area contributed by atoms with E-state index < -0.39 is 5.97 Å². The van der Waals surface area contributed by atoms with Crippen molar-refractivity contribution in [1.29, 1.82) is 0 Å². The molecule has 4 aromatic rings. The van der Waals surface area contributed by atoms with Gasteiger partial charge in [-0.2, -0.15) is 0 Å². The minimum absolute atomic E-state index is 0.297. The molecule has 162 valence electrons. The number of rotatable bonds is 8. The molecular weight excluding hydrogens is 405 g/mol. The van der Waals surface area contributed by atoms with Crippen LogP contribution in [0.3, 0.4) is 0 Å². The quantitative estimate of drug-likeness (QED) is 0.274. The SMILES string of the molecule is CCOC(=O)/C=C/c1cc(F)ccc1Cc1cc2cc(OCc3ccccc3)ccc2[nH]1. The van der Waals surface area contributed by atoms with E-state index in [4.69, 9.17) is 9.47 Å². The van der Waals surface area contributed by atoms with Crippen LogP contribution in [0.15, 0.2) is 78.9 Å². The Labute approximate surface area is 186 Å². The summed E-state index contributed by atoms with van der Waals surface area (Å²) >= 11 is 0. The number of H-pyrrole nitrogens is 1. The fourth-order valence-corrected chi connectivity index (χ4v) is 3.53. The van der Waals surface area contributed by atoms with Gasteiger partial charge in [0, 0.05) is 29.1 Å². The Hall–Kier alpha value is -3.86. The van der Waals surface area contributed by atoms with Gasteiger partial charge < -0.3 is 14.5 Å². The molecule has 0 unspecified atom stereocenters.